The summed E-state index contributed by atoms with van der Waals surface area (Å²) in [6, 6.07) is 3.83. The molecule has 2 heterocycles. The molecule has 0 unspecified atom stereocenters. The highest BCUT2D eigenvalue weighted by Gasteiger charge is 2.48. The van der Waals surface area contributed by atoms with Gasteiger partial charge in [-0.05, 0) is 44.4 Å². The van der Waals surface area contributed by atoms with Crippen LogP contribution in [0.4, 0.5) is 14.5 Å². The van der Waals surface area contributed by atoms with Gasteiger partial charge in [-0.25, -0.2) is 18.7 Å². The van der Waals surface area contributed by atoms with Gasteiger partial charge in [0.15, 0.2) is 5.54 Å². The second-order valence-corrected chi connectivity index (χ2v) is 7.87. The van der Waals surface area contributed by atoms with Gasteiger partial charge in [0.25, 0.3) is 17.4 Å². The van der Waals surface area contributed by atoms with Crippen LogP contribution in [0.3, 0.4) is 0 Å². The van der Waals surface area contributed by atoms with Crippen LogP contribution in [-0.4, -0.2) is 46.7 Å². The number of aromatic nitrogens is 2. The predicted octanol–water partition coefficient (Wildman–Crippen LogP) is 3.00. The third-order valence-corrected chi connectivity index (χ3v) is 5.51. The van der Waals surface area contributed by atoms with E-state index < -0.39 is 28.8 Å². The molecule has 1 aromatic heterocycles. The van der Waals surface area contributed by atoms with Crippen LogP contribution in [0, 0.1) is 12.7 Å². The van der Waals surface area contributed by atoms with Crippen molar-refractivity contribution in [1.82, 2.24) is 15.3 Å². The largest absolute Gasteiger partial charge is 0.381 e. The monoisotopic (exact) mass is 452 g/mol. The molecule has 31 heavy (non-hydrogen) atoms. The Bertz CT molecular complexity index is 941. The number of ether oxygens (including phenoxy) is 1. The number of rotatable bonds is 6. The summed E-state index contributed by atoms with van der Waals surface area (Å²) >= 11 is 5.49. The van der Waals surface area contributed by atoms with E-state index in [0.29, 0.717) is 31.6 Å². The van der Waals surface area contributed by atoms with E-state index in [9.17, 15) is 18.4 Å². The van der Waals surface area contributed by atoms with Crippen molar-refractivity contribution in [2.24, 2.45) is 0 Å². The normalized spacial score (nSPS) is 17.5. The van der Waals surface area contributed by atoms with Gasteiger partial charge in [0.2, 0.25) is 0 Å². The number of amides is 2. The molecular weight excluding hydrogens is 430 g/mol. The quantitative estimate of drug-likeness (QED) is 0.681. The third-order valence-electron chi connectivity index (χ3n) is 5.32. The van der Waals surface area contributed by atoms with Crippen LogP contribution in [0.2, 0.25) is 0 Å². The van der Waals surface area contributed by atoms with Crippen LogP contribution in [0.15, 0.2) is 36.9 Å². The third kappa shape index (κ3) is 4.83. The average molecular weight is 453 g/mol. The van der Waals surface area contributed by atoms with E-state index in [1.54, 1.807) is 13.0 Å². The number of alkyl halides is 2. The Hall–Kier alpha value is -2.65. The Balaban J connectivity index is 2.15. The van der Waals surface area contributed by atoms with Gasteiger partial charge in [-0.1, -0.05) is 17.7 Å². The van der Waals surface area contributed by atoms with E-state index in [4.69, 9.17) is 16.3 Å². The minimum atomic E-state index is -2.50. The molecular formula is C21H23ClF2N4O3. The molecule has 2 aromatic rings. The van der Waals surface area contributed by atoms with E-state index in [2.05, 4.69) is 15.3 Å². The standard InChI is InChI=1S/C21H23ClF2N4O3/c1-13-3-4-17(16(23)9-13)28(19(29)18(22)24)21(2,14-10-25-12-26-11-14)20(30)27-15-5-7-31-8-6-15/h3-4,9-12,15,18H,5-8H2,1-2H3,(H,27,30)/t18-,21+/m0/s1. The van der Waals surface area contributed by atoms with Crippen molar-refractivity contribution in [1.29, 1.82) is 0 Å². The lowest BCUT2D eigenvalue weighted by atomic mass is 9.89. The second kappa shape index (κ2) is 9.65. The van der Waals surface area contributed by atoms with Crippen LogP contribution in [0.5, 0.6) is 0 Å². The fraction of sp³-hybridized carbons (Fsp3) is 0.429. The number of nitrogens with one attached hydrogen (secondary N) is 1. The van der Waals surface area contributed by atoms with Gasteiger partial charge in [-0.3, -0.25) is 14.5 Å². The molecule has 3 rings (SSSR count). The van der Waals surface area contributed by atoms with E-state index in [0.717, 1.165) is 4.90 Å². The first-order valence-electron chi connectivity index (χ1n) is 9.77. The SMILES string of the molecule is Cc1ccc(N(C(=O)[C@H](F)Cl)[C@@](C)(C(=O)NC2CCOCC2)c2cncnc2)c(F)c1. The minimum absolute atomic E-state index is 0.171. The Morgan fingerprint density at radius 3 is 2.52 bits per heavy atom. The van der Waals surface area contributed by atoms with Gasteiger partial charge >= 0.3 is 0 Å². The lowest BCUT2D eigenvalue weighted by Gasteiger charge is -2.41. The van der Waals surface area contributed by atoms with Crippen molar-refractivity contribution < 1.29 is 23.1 Å². The molecule has 1 N–H and O–H groups in total. The van der Waals surface area contributed by atoms with Crippen molar-refractivity contribution >= 4 is 29.1 Å². The Kier molecular flexibility index (Phi) is 7.17. The fourth-order valence-corrected chi connectivity index (χ4v) is 3.65. The summed E-state index contributed by atoms with van der Waals surface area (Å²) in [5, 5.41) is 2.88. The minimum Gasteiger partial charge on any atom is -0.381 e. The molecule has 1 aromatic carbocycles. The number of hydrogen-bond donors (Lipinski definition) is 1. The van der Waals surface area contributed by atoms with Crippen LogP contribution in [0.25, 0.3) is 0 Å². The molecule has 0 radical (unpaired) electrons. The molecule has 166 valence electrons. The number of benzene rings is 1. The number of halogens is 3. The topological polar surface area (TPSA) is 84.4 Å². The van der Waals surface area contributed by atoms with Crippen molar-refractivity contribution in [3.05, 3.63) is 53.9 Å². The molecule has 2 amide bonds. The van der Waals surface area contributed by atoms with Crippen LogP contribution < -0.4 is 10.2 Å². The molecule has 2 atom stereocenters. The molecule has 10 heteroatoms. The maximum absolute atomic E-state index is 15.0. The zero-order chi connectivity index (χ0) is 22.6. The molecule has 1 aliphatic rings. The first kappa shape index (κ1) is 23.0. The maximum atomic E-state index is 15.0. The van der Waals surface area contributed by atoms with Gasteiger partial charge in [-0.2, -0.15) is 0 Å². The van der Waals surface area contributed by atoms with E-state index >= 15 is 0 Å². The number of carbonyl (C=O) groups excluding carboxylic acids is 2. The smallest absolute Gasteiger partial charge is 0.278 e. The molecule has 1 saturated heterocycles. The number of anilines is 1. The van der Waals surface area contributed by atoms with Crippen LogP contribution in [-0.2, 0) is 19.9 Å². The number of aryl methyl sites for hydroxylation is 1. The number of hydrogen-bond acceptors (Lipinski definition) is 5. The molecule has 7 nitrogen and oxygen atoms in total. The highest BCUT2D eigenvalue weighted by atomic mass is 35.5. The average Bonchev–Trinajstić information content (AvgIpc) is 2.76. The summed E-state index contributed by atoms with van der Waals surface area (Å²) in [5.74, 6) is -2.72. The zero-order valence-electron chi connectivity index (χ0n) is 17.1. The van der Waals surface area contributed by atoms with Gasteiger partial charge < -0.3 is 10.1 Å². The Morgan fingerprint density at radius 1 is 1.29 bits per heavy atom. The van der Waals surface area contributed by atoms with Crippen LogP contribution in [0.1, 0.15) is 30.9 Å². The Morgan fingerprint density at radius 2 is 1.94 bits per heavy atom. The summed E-state index contributed by atoms with van der Waals surface area (Å²) in [6.07, 6.45) is 5.04. The van der Waals surface area contributed by atoms with Crippen molar-refractivity contribution in [2.75, 3.05) is 18.1 Å². The molecule has 1 aliphatic heterocycles. The number of nitrogens with zero attached hydrogens (tertiary/aromatic N) is 3. The van der Waals surface area contributed by atoms with Gasteiger partial charge in [0.1, 0.15) is 12.1 Å². The van der Waals surface area contributed by atoms with E-state index in [-0.39, 0.29) is 17.3 Å². The Labute approximate surface area is 183 Å². The lowest BCUT2D eigenvalue weighted by molar-refractivity contribution is -0.132. The lowest BCUT2D eigenvalue weighted by Crippen LogP contribution is -2.60. The van der Waals surface area contributed by atoms with Gasteiger partial charge in [-0.15, -0.1) is 0 Å². The first-order valence-corrected chi connectivity index (χ1v) is 10.2. The summed E-state index contributed by atoms with van der Waals surface area (Å²) in [7, 11) is 0. The molecule has 0 bridgehead atoms. The molecule has 0 aliphatic carbocycles. The first-order chi connectivity index (χ1) is 14.7. The van der Waals surface area contributed by atoms with Crippen molar-refractivity contribution in [3.8, 4) is 0 Å². The maximum Gasteiger partial charge on any atom is 0.278 e. The molecule has 0 saturated carbocycles. The van der Waals surface area contributed by atoms with Gasteiger partial charge in [0.05, 0.1) is 5.69 Å². The fourth-order valence-electron chi connectivity index (χ4n) is 3.55. The van der Waals surface area contributed by atoms with Crippen molar-refractivity contribution in [2.45, 2.75) is 43.9 Å². The summed E-state index contributed by atoms with van der Waals surface area (Å²) in [5.41, 5.74) is -3.91. The molecule has 1 fully saturated rings. The highest BCUT2D eigenvalue weighted by molar-refractivity contribution is 6.32. The zero-order valence-corrected chi connectivity index (χ0v) is 17.9. The highest BCUT2D eigenvalue weighted by Crippen LogP contribution is 2.36. The predicted molar refractivity (Wildman–Crippen MR) is 111 cm³/mol. The second-order valence-electron chi connectivity index (χ2n) is 7.49. The van der Waals surface area contributed by atoms with E-state index in [1.165, 1.54) is 37.8 Å². The molecule has 0 spiro atoms. The van der Waals surface area contributed by atoms with E-state index in [1.807, 2.05) is 0 Å². The van der Waals surface area contributed by atoms with Gasteiger partial charge in [0, 0.05) is 37.2 Å². The summed E-state index contributed by atoms with van der Waals surface area (Å²) in [6.45, 7) is 4.00. The number of carbonyl (C=O) groups is 2. The summed E-state index contributed by atoms with van der Waals surface area (Å²) in [4.78, 5) is 35.1. The van der Waals surface area contributed by atoms with Crippen molar-refractivity contribution in [3.63, 3.8) is 0 Å². The summed E-state index contributed by atoms with van der Waals surface area (Å²) < 4.78 is 34.3. The van der Waals surface area contributed by atoms with Crippen LogP contribution >= 0.6 is 11.6 Å².